The number of hydrogen-bond donors (Lipinski definition) is 0. The van der Waals surface area contributed by atoms with Crippen LogP contribution in [0.2, 0.25) is 0 Å². The molecule has 1 aromatic carbocycles. The van der Waals surface area contributed by atoms with Gasteiger partial charge in [-0.2, -0.15) is 13.2 Å². The molecule has 7 heteroatoms. The lowest BCUT2D eigenvalue weighted by atomic mass is 10.1. The Morgan fingerprint density at radius 3 is 2.14 bits per heavy atom. The van der Waals surface area contributed by atoms with E-state index in [1.165, 1.54) is 24.3 Å². The largest absolute Gasteiger partial charge is 0.456 e. The Hall–Kier alpha value is -1.79. The lowest BCUT2D eigenvalue weighted by Crippen LogP contribution is -2.39. The number of alkyl halides is 4. The van der Waals surface area contributed by atoms with E-state index >= 15 is 0 Å². The van der Waals surface area contributed by atoms with Crippen LogP contribution in [0.15, 0.2) is 24.3 Å². The predicted octanol–water partition coefficient (Wildman–Crippen LogP) is 3.73. The highest BCUT2D eigenvalue weighted by Crippen LogP contribution is 2.49. The van der Waals surface area contributed by atoms with Gasteiger partial charge in [-0.25, -0.2) is 9.18 Å². The summed E-state index contributed by atoms with van der Waals surface area (Å²) in [6.45, 7) is 3.24. The lowest BCUT2D eigenvalue weighted by Gasteiger charge is -2.20. The average Bonchev–Trinajstić information content (AvgIpc) is 3.12. The van der Waals surface area contributed by atoms with E-state index in [-0.39, 0.29) is 11.3 Å². The number of esters is 1. The van der Waals surface area contributed by atoms with Gasteiger partial charge < -0.3 is 9.64 Å². The Labute approximate surface area is 125 Å². The Morgan fingerprint density at radius 2 is 1.77 bits per heavy atom. The summed E-state index contributed by atoms with van der Waals surface area (Å²) in [7, 11) is 0. The van der Waals surface area contributed by atoms with Gasteiger partial charge in [0.1, 0.15) is 12.3 Å². The van der Waals surface area contributed by atoms with Crippen molar-refractivity contribution < 1.29 is 27.1 Å². The topological polar surface area (TPSA) is 29.3 Å². The minimum atomic E-state index is -4.63. The summed E-state index contributed by atoms with van der Waals surface area (Å²) in [6.07, 6.45) is -4.63. The standard InChI is InChI=1S/C15H17F4NO2/c1-13(2,3)22-12(21)10-4-6-11(7-5-10)20-9-14(20,8-16)15(17,18)19/h4-7H,8-9H2,1-3H3. The van der Waals surface area contributed by atoms with Crippen LogP contribution in [0, 0.1) is 0 Å². The third-order valence-corrected chi connectivity index (χ3v) is 3.40. The third kappa shape index (κ3) is 3.03. The molecule has 1 aliphatic rings. The number of nitrogens with zero attached hydrogens (tertiary/aromatic N) is 1. The van der Waals surface area contributed by atoms with E-state index in [1.807, 2.05) is 0 Å². The van der Waals surface area contributed by atoms with E-state index in [2.05, 4.69) is 0 Å². The molecular weight excluding hydrogens is 302 g/mol. The van der Waals surface area contributed by atoms with E-state index in [0.717, 1.165) is 4.90 Å². The van der Waals surface area contributed by atoms with Gasteiger partial charge in [-0.1, -0.05) is 0 Å². The highest BCUT2D eigenvalue weighted by atomic mass is 19.4. The summed E-state index contributed by atoms with van der Waals surface area (Å²) < 4.78 is 56.6. The van der Waals surface area contributed by atoms with Crippen molar-refractivity contribution in [2.75, 3.05) is 18.1 Å². The molecule has 1 saturated heterocycles. The number of carbonyl (C=O) groups is 1. The molecule has 2 rings (SSSR count). The second-order valence-corrected chi connectivity index (χ2v) is 6.30. The van der Waals surface area contributed by atoms with Gasteiger partial charge in [0.2, 0.25) is 0 Å². The molecule has 22 heavy (non-hydrogen) atoms. The summed E-state index contributed by atoms with van der Waals surface area (Å²) in [5.41, 5.74) is -2.63. The Bertz CT molecular complexity index is 562. The van der Waals surface area contributed by atoms with Crippen LogP contribution in [0.1, 0.15) is 31.1 Å². The molecule has 0 N–H and O–H groups in total. The van der Waals surface area contributed by atoms with Crippen molar-refractivity contribution >= 4 is 11.7 Å². The number of carbonyl (C=O) groups excluding carboxylic acids is 1. The van der Waals surface area contributed by atoms with Gasteiger partial charge in [-0.3, -0.25) is 0 Å². The molecule has 1 aliphatic heterocycles. The van der Waals surface area contributed by atoms with E-state index in [9.17, 15) is 22.4 Å². The fraction of sp³-hybridized carbons (Fsp3) is 0.533. The van der Waals surface area contributed by atoms with Crippen molar-refractivity contribution in [3.8, 4) is 0 Å². The monoisotopic (exact) mass is 319 g/mol. The van der Waals surface area contributed by atoms with Crippen molar-refractivity contribution in [2.24, 2.45) is 0 Å². The second kappa shape index (κ2) is 5.14. The van der Waals surface area contributed by atoms with Crippen molar-refractivity contribution in [2.45, 2.75) is 38.1 Å². The molecule has 0 aliphatic carbocycles. The van der Waals surface area contributed by atoms with Crippen molar-refractivity contribution in [3.63, 3.8) is 0 Å². The summed E-state index contributed by atoms with van der Waals surface area (Å²) >= 11 is 0. The van der Waals surface area contributed by atoms with Gasteiger partial charge in [0.25, 0.3) is 0 Å². The van der Waals surface area contributed by atoms with Crippen molar-refractivity contribution in [1.29, 1.82) is 0 Å². The molecule has 122 valence electrons. The molecule has 1 fully saturated rings. The third-order valence-electron chi connectivity index (χ3n) is 3.40. The first-order chi connectivity index (χ1) is 10.00. The quantitative estimate of drug-likeness (QED) is 0.483. The molecule has 0 bridgehead atoms. The Balaban J connectivity index is 2.13. The molecule has 1 aromatic rings. The molecule has 1 heterocycles. The van der Waals surface area contributed by atoms with Crippen LogP contribution in [0.5, 0.6) is 0 Å². The van der Waals surface area contributed by atoms with Crippen molar-refractivity contribution in [3.05, 3.63) is 29.8 Å². The number of hydrogen-bond acceptors (Lipinski definition) is 3. The Morgan fingerprint density at radius 1 is 1.23 bits per heavy atom. The molecule has 1 atom stereocenters. The molecule has 0 saturated carbocycles. The van der Waals surface area contributed by atoms with Gasteiger partial charge in [-0.15, -0.1) is 0 Å². The number of anilines is 1. The molecule has 0 aromatic heterocycles. The SMILES string of the molecule is CC(C)(C)OC(=O)c1ccc(N2CC2(CF)C(F)(F)F)cc1. The number of benzene rings is 1. The molecule has 0 radical (unpaired) electrons. The zero-order valence-electron chi connectivity index (χ0n) is 12.5. The average molecular weight is 319 g/mol. The maximum atomic E-state index is 12.9. The fourth-order valence-electron chi connectivity index (χ4n) is 2.11. The van der Waals surface area contributed by atoms with E-state index in [0.29, 0.717) is 0 Å². The number of ether oxygens (including phenoxy) is 1. The van der Waals surface area contributed by atoms with Gasteiger partial charge >= 0.3 is 12.1 Å². The normalized spacial score (nSPS) is 21.7. The molecular formula is C15H17F4NO2. The van der Waals surface area contributed by atoms with Crippen LogP contribution in [0.3, 0.4) is 0 Å². The minimum absolute atomic E-state index is 0.224. The minimum Gasteiger partial charge on any atom is -0.456 e. The summed E-state index contributed by atoms with van der Waals surface area (Å²) in [4.78, 5) is 12.8. The van der Waals surface area contributed by atoms with Crippen LogP contribution < -0.4 is 4.90 Å². The zero-order valence-corrected chi connectivity index (χ0v) is 12.5. The van der Waals surface area contributed by atoms with E-state index < -0.39 is 36.5 Å². The van der Waals surface area contributed by atoms with Gasteiger partial charge in [-0.05, 0) is 45.0 Å². The van der Waals surface area contributed by atoms with Crippen LogP contribution >= 0.6 is 0 Å². The van der Waals surface area contributed by atoms with Crippen molar-refractivity contribution in [1.82, 2.24) is 0 Å². The fourth-order valence-corrected chi connectivity index (χ4v) is 2.11. The highest BCUT2D eigenvalue weighted by molar-refractivity contribution is 5.90. The highest BCUT2D eigenvalue weighted by Gasteiger charge is 2.70. The van der Waals surface area contributed by atoms with Crippen LogP contribution in [0.25, 0.3) is 0 Å². The molecule has 3 nitrogen and oxygen atoms in total. The Kier molecular flexibility index (Phi) is 3.87. The first-order valence-electron chi connectivity index (χ1n) is 6.74. The second-order valence-electron chi connectivity index (χ2n) is 6.30. The predicted molar refractivity (Wildman–Crippen MR) is 73.7 cm³/mol. The van der Waals surface area contributed by atoms with Crippen LogP contribution in [0.4, 0.5) is 23.2 Å². The summed E-state index contributed by atoms with van der Waals surface area (Å²) in [5.74, 6) is -0.558. The lowest BCUT2D eigenvalue weighted by molar-refractivity contribution is -0.159. The van der Waals surface area contributed by atoms with Crippen LogP contribution in [-0.4, -0.2) is 36.5 Å². The molecule has 0 amide bonds. The van der Waals surface area contributed by atoms with E-state index in [1.54, 1.807) is 20.8 Å². The van der Waals surface area contributed by atoms with Gasteiger partial charge in [0, 0.05) is 5.69 Å². The first-order valence-corrected chi connectivity index (χ1v) is 6.74. The van der Waals surface area contributed by atoms with E-state index in [4.69, 9.17) is 4.74 Å². The maximum absolute atomic E-state index is 12.9. The molecule has 0 spiro atoms. The summed E-state index contributed by atoms with van der Waals surface area (Å²) in [5, 5.41) is 0. The van der Waals surface area contributed by atoms with Crippen LogP contribution in [-0.2, 0) is 4.74 Å². The number of halogens is 4. The first kappa shape index (κ1) is 16.6. The number of rotatable bonds is 3. The maximum Gasteiger partial charge on any atom is 0.415 e. The zero-order chi connectivity index (χ0) is 16.8. The molecule has 1 unspecified atom stereocenters. The van der Waals surface area contributed by atoms with Gasteiger partial charge in [0.15, 0.2) is 5.54 Å². The smallest absolute Gasteiger partial charge is 0.415 e. The van der Waals surface area contributed by atoms with Gasteiger partial charge in [0.05, 0.1) is 12.1 Å². The summed E-state index contributed by atoms with van der Waals surface area (Å²) in [6, 6.07) is 5.48.